The number of benzene rings is 5. The monoisotopic (exact) mass is 497 g/mol. The molecular weight excluding hydrogens is 470 g/mol. The van der Waals surface area contributed by atoms with Crippen LogP contribution >= 0.6 is 0 Å². The van der Waals surface area contributed by atoms with Crippen LogP contribution < -0.4 is 0 Å². The van der Waals surface area contributed by atoms with Gasteiger partial charge in [-0.1, -0.05) is 78.7 Å². The molecule has 5 aromatic carbocycles. The first kappa shape index (κ1) is 14.4. The van der Waals surface area contributed by atoms with Crippen LogP contribution in [0.1, 0.15) is 11.0 Å². The normalized spacial score (nSPS) is 14.6. The van der Waals surface area contributed by atoms with Crippen molar-refractivity contribution in [2.75, 3.05) is 0 Å². The Balaban J connectivity index is 1.33. The second kappa shape index (κ2) is 8.11. The average Bonchev–Trinajstić information content (AvgIpc) is 3.67. The second-order valence-electron chi connectivity index (χ2n) is 8.71. The Morgan fingerprint density at radius 1 is 0.447 bits per heavy atom. The van der Waals surface area contributed by atoms with Gasteiger partial charge in [0.05, 0.1) is 11.0 Å². The summed E-state index contributed by atoms with van der Waals surface area (Å²) in [5.41, 5.74) is 2.72. The third kappa shape index (κ3) is 3.29. The molecule has 5 heteroatoms. The van der Waals surface area contributed by atoms with Crippen molar-refractivity contribution >= 4 is 43.9 Å². The van der Waals surface area contributed by atoms with Gasteiger partial charge in [-0.15, -0.1) is 0 Å². The van der Waals surface area contributed by atoms with Crippen LogP contribution in [0.4, 0.5) is 0 Å². The van der Waals surface area contributed by atoms with Gasteiger partial charge in [0.1, 0.15) is 22.3 Å². The van der Waals surface area contributed by atoms with Gasteiger partial charge >= 0.3 is 0 Å². The number of para-hydroxylation sites is 2. The summed E-state index contributed by atoms with van der Waals surface area (Å²) in [4.78, 5) is 14.3. The summed E-state index contributed by atoms with van der Waals surface area (Å²) < 4.78 is 77.5. The second-order valence-corrected chi connectivity index (χ2v) is 8.71. The molecule has 8 aromatic rings. The standard InChI is InChI=1S/C33H19N3O2/c1-2-8-20(9-3-1)31-34-32(21-14-16-25-23-10-4-6-12-27(23)37-29(25)18-21)36-33(35-31)22-15-17-26-24-11-5-7-13-28(24)38-30(26)19-22/h1-19H/i4D,5D,6D,7D,10D,11D,12D,13D. The molecule has 0 fully saturated rings. The maximum absolute atomic E-state index is 8.40. The number of fused-ring (bicyclic) bond motifs is 6. The van der Waals surface area contributed by atoms with Gasteiger partial charge < -0.3 is 8.83 Å². The first-order chi connectivity index (χ1) is 22.1. The third-order valence-electron chi connectivity index (χ3n) is 6.42. The molecule has 8 rings (SSSR count). The SMILES string of the molecule is [2H]c1c([2H])c([2H])c2c(oc3cc(-c4nc(-c5ccccc5)nc(-c5ccc6c(c5)oc5c([2H])c([2H])c([2H])c([2H])c56)n4)ccc32)c1[2H]. The number of hydrogen-bond donors (Lipinski definition) is 0. The molecule has 0 aliphatic carbocycles. The van der Waals surface area contributed by atoms with Crippen molar-refractivity contribution in [3.05, 3.63) is 115 Å². The quantitative estimate of drug-likeness (QED) is 0.244. The minimum absolute atomic E-state index is 0.0698. The number of furan rings is 2. The van der Waals surface area contributed by atoms with Gasteiger partial charge in [-0.25, -0.2) is 15.0 Å². The minimum Gasteiger partial charge on any atom is -0.456 e. The Hall–Kier alpha value is -5.29. The Kier molecular flexibility index (Phi) is 3.09. The van der Waals surface area contributed by atoms with E-state index in [9.17, 15) is 0 Å². The first-order valence-corrected chi connectivity index (χ1v) is 11.8. The lowest BCUT2D eigenvalue weighted by Crippen LogP contribution is -2.00. The zero-order chi connectivity index (χ0) is 32.0. The smallest absolute Gasteiger partial charge is 0.164 e. The first-order valence-electron chi connectivity index (χ1n) is 15.8. The van der Waals surface area contributed by atoms with Gasteiger partial charge in [-0.3, -0.25) is 0 Å². The molecule has 0 radical (unpaired) electrons. The van der Waals surface area contributed by atoms with Crippen LogP contribution in [0.3, 0.4) is 0 Å². The van der Waals surface area contributed by atoms with E-state index in [-0.39, 0.29) is 59.5 Å². The molecule has 0 unspecified atom stereocenters. The Morgan fingerprint density at radius 2 is 0.921 bits per heavy atom. The number of rotatable bonds is 3. The molecule has 0 N–H and O–H groups in total. The van der Waals surface area contributed by atoms with Crippen molar-refractivity contribution in [3.8, 4) is 34.2 Å². The molecule has 3 aromatic heterocycles. The van der Waals surface area contributed by atoms with Crippen LogP contribution in [0.15, 0.2) is 124 Å². The van der Waals surface area contributed by atoms with Crippen LogP contribution in [0.2, 0.25) is 0 Å². The summed E-state index contributed by atoms with van der Waals surface area (Å²) in [7, 11) is 0. The Labute approximate surface area is 228 Å². The van der Waals surface area contributed by atoms with Crippen LogP contribution in [-0.2, 0) is 0 Å². The molecular formula is C33H19N3O2. The van der Waals surface area contributed by atoms with E-state index in [4.69, 9.17) is 34.8 Å². The lowest BCUT2D eigenvalue weighted by molar-refractivity contribution is 0.668. The van der Waals surface area contributed by atoms with Crippen molar-refractivity contribution < 1.29 is 19.8 Å². The molecule has 178 valence electrons. The lowest BCUT2D eigenvalue weighted by atomic mass is 10.1. The lowest BCUT2D eigenvalue weighted by Gasteiger charge is -2.08. The fraction of sp³-hybridized carbons (Fsp3) is 0. The van der Waals surface area contributed by atoms with Crippen LogP contribution in [-0.4, -0.2) is 15.0 Å². The molecule has 0 bridgehead atoms. The summed E-state index contributed by atoms with van der Waals surface area (Å²) >= 11 is 0. The fourth-order valence-corrected chi connectivity index (χ4v) is 4.61. The van der Waals surface area contributed by atoms with Crippen LogP contribution in [0.5, 0.6) is 0 Å². The molecule has 0 saturated heterocycles. The zero-order valence-corrected chi connectivity index (χ0v) is 19.5. The van der Waals surface area contributed by atoms with Crippen molar-refractivity contribution in [1.82, 2.24) is 15.0 Å². The summed E-state index contributed by atoms with van der Waals surface area (Å²) in [6, 6.07) is 17.5. The largest absolute Gasteiger partial charge is 0.456 e. The highest BCUT2D eigenvalue weighted by atomic mass is 16.3. The summed E-state index contributed by atoms with van der Waals surface area (Å²) in [5, 5.41) is 1.67. The molecule has 0 aliphatic rings. The topological polar surface area (TPSA) is 65.0 Å². The van der Waals surface area contributed by atoms with Crippen LogP contribution in [0.25, 0.3) is 78.0 Å². The highest BCUT2D eigenvalue weighted by Gasteiger charge is 2.16. The highest BCUT2D eigenvalue weighted by Crippen LogP contribution is 2.34. The number of aromatic nitrogens is 3. The van der Waals surface area contributed by atoms with Crippen molar-refractivity contribution in [3.63, 3.8) is 0 Å². The van der Waals surface area contributed by atoms with Crippen molar-refractivity contribution in [1.29, 1.82) is 0 Å². The summed E-state index contributed by atoms with van der Waals surface area (Å²) in [6.45, 7) is 0. The van der Waals surface area contributed by atoms with Gasteiger partial charge in [-0.05, 0) is 36.4 Å². The maximum Gasteiger partial charge on any atom is 0.164 e. The van der Waals surface area contributed by atoms with Gasteiger partial charge in [0.25, 0.3) is 0 Å². The molecule has 0 amide bonds. The molecule has 0 saturated carbocycles. The van der Waals surface area contributed by atoms with E-state index in [1.807, 2.05) is 30.3 Å². The molecule has 3 heterocycles. The molecule has 0 aliphatic heterocycles. The molecule has 0 spiro atoms. The van der Waals surface area contributed by atoms with Crippen molar-refractivity contribution in [2.24, 2.45) is 0 Å². The van der Waals surface area contributed by atoms with Crippen molar-refractivity contribution in [2.45, 2.75) is 0 Å². The van der Waals surface area contributed by atoms with E-state index in [0.717, 1.165) is 5.56 Å². The number of hydrogen-bond acceptors (Lipinski definition) is 5. The Bertz CT molecular complexity index is 2430. The van der Waals surface area contributed by atoms with Gasteiger partial charge in [0.15, 0.2) is 17.5 Å². The van der Waals surface area contributed by atoms with E-state index in [0.29, 0.717) is 61.3 Å². The fourth-order valence-electron chi connectivity index (χ4n) is 4.61. The predicted molar refractivity (Wildman–Crippen MR) is 151 cm³/mol. The summed E-state index contributed by atoms with van der Waals surface area (Å²) in [5.74, 6) is 1.03. The van der Waals surface area contributed by atoms with E-state index in [1.165, 1.54) is 0 Å². The van der Waals surface area contributed by atoms with Gasteiger partial charge in [-0.2, -0.15) is 0 Å². The molecule has 38 heavy (non-hydrogen) atoms. The molecule has 0 atom stereocenters. The average molecular weight is 498 g/mol. The van der Waals surface area contributed by atoms with E-state index >= 15 is 0 Å². The zero-order valence-electron chi connectivity index (χ0n) is 27.5. The summed E-state index contributed by atoms with van der Waals surface area (Å²) in [6.07, 6.45) is 0. The third-order valence-corrected chi connectivity index (χ3v) is 6.42. The van der Waals surface area contributed by atoms with Gasteiger partial charge in [0, 0.05) is 38.2 Å². The highest BCUT2D eigenvalue weighted by molar-refractivity contribution is 6.06. The minimum atomic E-state index is -0.369. The van der Waals surface area contributed by atoms with E-state index < -0.39 is 0 Å². The molecule has 5 nitrogen and oxygen atoms in total. The van der Waals surface area contributed by atoms with Gasteiger partial charge in [0.2, 0.25) is 0 Å². The van der Waals surface area contributed by atoms with E-state index in [1.54, 1.807) is 36.4 Å². The van der Waals surface area contributed by atoms with Crippen LogP contribution in [0, 0.1) is 0 Å². The number of nitrogens with zero attached hydrogens (tertiary/aromatic N) is 3. The van der Waals surface area contributed by atoms with E-state index in [2.05, 4.69) is 0 Å². The maximum atomic E-state index is 8.40. The predicted octanol–water partition coefficient (Wildman–Crippen LogP) is 8.67. The Morgan fingerprint density at radius 3 is 1.45 bits per heavy atom.